The first-order valence-corrected chi connectivity index (χ1v) is 8.35. The topological polar surface area (TPSA) is 64.4 Å². The summed E-state index contributed by atoms with van der Waals surface area (Å²) in [6.07, 6.45) is 6.03. The van der Waals surface area contributed by atoms with Crippen LogP contribution in [0.1, 0.15) is 52.5 Å². The molecule has 5 nitrogen and oxygen atoms in total. The second-order valence-corrected chi connectivity index (χ2v) is 6.54. The summed E-state index contributed by atoms with van der Waals surface area (Å²) in [5.41, 5.74) is 1.44. The number of hydrogen-bond donors (Lipinski definition) is 1. The molecular weight excluding hydrogens is 300 g/mol. The highest BCUT2D eigenvalue weighted by molar-refractivity contribution is 7.09. The molecule has 0 atom stereocenters. The first-order valence-electron chi connectivity index (χ1n) is 7.47. The number of aryl methyl sites for hydroxylation is 1. The summed E-state index contributed by atoms with van der Waals surface area (Å²) in [4.78, 5) is 16.4. The van der Waals surface area contributed by atoms with Crippen LogP contribution >= 0.6 is 11.3 Å². The van der Waals surface area contributed by atoms with Crippen molar-refractivity contribution in [1.82, 2.24) is 10.3 Å². The van der Waals surface area contributed by atoms with Gasteiger partial charge in [-0.15, -0.1) is 11.3 Å². The van der Waals surface area contributed by atoms with Crippen molar-refractivity contribution in [3.8, 4) is 0 Å². The average Bonchev–Trinajstić information content (AvgIpc) is 3.24. The molecule has 0 aliphatic heterocycles. The third-order valence-electron chi connectivity index (χ3n) is 4.22. The molecule has 1 aliphatic rings. The second kappa shape index (κ2) is 6.22. The van der Waals surface area contributed by atoms with E-state index in [1.807, 2.05) is 6.92 Å². The predicted molar refractivity (Wildman–Crippen MR) is 83.9 cm³/mol. The SMILES string of the molecule is COC(=O)c1ccoc1CNC1(c2nc(C)cs2)CCCC1. The smallest absolute Gasteiger partial charge is 0.341 e. The molecule has 0 unspecified atom stereocenters. The highest BCUT2D eigenvalue weighted by Crippen LogP contribution is 2.40. The predicted octanol–water partition coefficient (Wildman–Crippen LogP) is 3.39. The fraction of sp³-hybridized carbons (Fsp3) is 0.500. The van der Waals surface area contributed by atoms with Gasteiger partial charge in [0.05, 0.1) is 25.5 Å². The van der Waals surface area contributed by atoms with Crippen LogP contribution in [0, 0.1) is 6.92 Å². The number of rotatable bonds is 5. The van der Waals surface area contributed by atoms with E-state index < -0.39 is 0 Å². The number of aromatic nitrogens is 1. The third kappa shape index (κ3) is 2.80. The quantitative estimate of drug-likeness (QED) is 0.856. The molecule has 3 rings (SSSR count). The Kier molecular flexibility index (Phi) is 4.31. The lowest BCUT2D eigenvalue weighted by Crippen LogP contribution is -2.39. The summed E-state index contributed by atoms with van der Waals surface area (Å²) < 4.78 is 10.2. The van der Waals surface area contributed by atoms with Crippen molar-refractivity contribution in [2.45, 2.75) is 44.7 Å². The van der Waals surface area contributed by atoms with Crippen LogP contribution in [0.4, 0.5) is 0 Å². The fourth-order valence-corrected chi connectivity index (χ4v) is 4.07. The maximum absolute atomic E-state index is 11.7. The summed E-state index contributed by atoms with van der Waals surface area (Å²) in [5, 5.41) is 6.81. The Labute approximate surface area is 133 Å². The van der Waals surface area contributed by atoms with E-state index in [2.05, 4.69) is 15.7 Å². The number of methoxy groups -OCH3 is 1. The van der Waals surface area contributed by atoms with E-state index in [1.54, 1.807) is 17.4 Å². The number of carbonyl (C=O) groups is 1. The van der Waals surface area contributed by atoms with E-state index in [4.69, 9.17) is 9.15 Å². The number of furan rings is 1. The highest BCUT2D eigenvalue weighted by Gasteiger charge is 2.38. The van der Waals surface area contributed by atoms with Crippen LogP contribution in [-0.2, 0) is 16.8 Å². The normalized spacial score (nSPS) is 16.8. The molecule has 22 heavy (non-hydrogen) atoms. The standard InChI is InChI=1S/C16H20N2O3S/c1-11-10-22-15(18-11)16(6-3-4-7-16)17-9-13-12(5-8-21-13)14(19)20-2/h5,8,10,17H,3-4,6-7,9H2,1-2H3. The maximum atomic E-state index is 11.7. The summed E-state index contributed by atoms with van der Waals surface area (Å²) in [6.45, 7) is 2.51. The van der Waals surface area contributed by atoms with Gasteiger partial charge in [-0.2, -0.15) is 0 Å². The third-order valence-corrected chi connectivity index (χ3v) is 5.39. The van der Waals surface area contributed by atoms with E-state index >= 15 is 0 Å². The Bertz CT molecular complexity index is 656. The largest absolute Gasteiger partial charge is 0.467 e. The molecule has 0 bridgehead atoms. The van der Waals surface area contributed by atoms with Gasteiger partial charge < -0.3 is 9.15 Å². The number of hydrogen-bond acceptors (Lipinski definition) is 6. The Hall–Kier alpha value is -1.66. The van der Waals surface area contributed by atoms with Gasteiger partial charge in [-0.25, -0.2) is 9.78 Å². The maximum Gasteiger partial charge on any atom is 0.341 e. The molecule has 1 fully saturated rings. The Morgan fingerprint density at radius 1 is 1.50 bits per heavy atom. The van der Waals surface area contributed by atoms with Gasteiger partial charge in [0.1, 0.15) is 16.3 Å². The van der Waals surface area contributed by atoms with Crippen molar-refractivity contribution in [3.05, 3.63) is 39.7 Å². The number of esters is 1. The molecule has 6 heteroatoms. The van der Waals surface area contributed by atoms with Crippen molar-refractivity contribution in [1.29, 1.82) is 0 Å². The first kappa shape index (κ1) is 15.2. The van der Waals surface area contributed by atoms with E-state index in [0.29, 0.717) is 17.9 Å². The van der Waals surface area contributed by atoms with Crippen LogP contribution in [0.25, 0.3) is 0 Å². The number of thiazole rings is 1. The lowest BCUT2D eigenvalue weighted by atomic mass is 9.98. The zero-order valence-electron chi connectivity index (χ0n) is 12.8. The van der Waals surface area contributed by atoms with Crippen molar-refractivity contribution < 1.29 is 13.9 Å². The Morgan fingerprint density at radius 3 is 2.91 bits per heavy atom. The van der Waals surface area contributed by atoms with Gasteiger partial charge in [0, 0.05) is 11.1 Å². The zero-order chi connectivity index (χ0) is 15.6. The van der Waals surface area contributed by atoms with Crippen molar-refractivity contribution in [2.75, 3.05) is 7.11 Å². The molecule has 1 saturated carbocycles. The molecule has 0 spiro atoms. The molecule has 2 aromatic heterocycles. The lowest BCUT2D eigenvalue weighted by molar-refractivity contribution is 0.0597. The monoisotopic (exact) mass is 320 g/mol. The van der Waals surface area contributed by atoms with Crippen molar-refractivity contribution in [3.63, 3.8) is 0 Å². The van der Waals surface area contributed by atoms with Crippen molar-refractivity contribution in [2.24, 2.45) is 0 Å². The molecule has 0 amide bonds. The average molecular weight is 320 g/mol. The van der Waals surface area contributed by atoms with Gasteiger partial charge >= 0.3 is 5.97 Å². The van der Waals surface area contributed by atoms with E-state index in [-0.39, 0.29) is 11.5 Å². The number of carbonyl (C=O) groups excluding carboxylic acids is 1. The van der Waals surface area contributed by atoms with Gasteiger partial charge in [-0.1, -0.05) is 12.8 Å². The first-order chi connectivity index (χ1) is 10.6. The molecule has 0 saturated heterocycles. The highest BCUT2D eigenvalue weighted by atomic mass is 32.1. The minimum atomic E-state index is -0.365. The number of ether oxygens (including phenoxy) is 1. The summed E-state index contributed by atoms with van der Waals surface area (Å²) in [7, 11) is 1.38. The summed E-state index contributed by atoms with van der Waals surface area (Å²) >= 11 is 1.70. The molecule has 2 aromatic rings. The number of nitrogens with one attached hydrogen (secondary N) is 1. The molecule has 0 radical (unpaired) electrons. The van der Waals surface area contributed by atoms with Gasteiger partial charge in [0.15, 0.2) is 0 Å². The zero-order valence-corrected chi connectivity index (χ0v) is 13.7. The fourth-order valence-electron chi connectivity index (χ4n) is 3.04. The minimum absolute atomic E-state index is 0.0981. The molecule has 2 heterocycles. The summed E-state index contributed by atoms with van der Waals surface area (Å²) in [5.74, 6) is 0.252. The van der Waals surface area contributed by atoms with E-state index in [1.165, 1.54) is 26.2 Å². The lowest BCUT2D eigenvalue weighted by Gasteiger charge is -2.28. The van der Waals surface area contributed by atoms with E-state index in [0.717, 1.165) is 23.5 Å². The Morgan fingerprint density at radius 2 is 2.27 bits per heavy atom. The van der Waals surface area contributed by atoms with Gasteiger partial charge in [-0.3, -0.25) is 5.32 Å². The van der Waals surface area contributed by atoms with Gasteiger partial charge in [0.2, 0.25) is 0 Å². The minimum Gasteiger partial charge on any atom is -0.467 e. The van der Waals surface area contributed by atoms with Crippen LogP contribution in [0.15, 0.2) is 22.1 Å². The molecular formula is C16H20N2O3S. The Balaban J connectivity index is 1.79. The summed E-state index contributed by atoms with van der Waals surface area (Å²) in [6, 6.07) is 1.65. The molecule has 118 valence electrons. The second-order valence-electron chi connectivity index (χ2n) is 5.69. The van der Waals surface area contributed by atoms with E-state index in [9.17, 15) is 4.79 Å². The number of nitrogens with zero attached hydrogens (tertiary/aromatic N) is 1. The van der Waals surface area contributed by atoms with Crippen molar-refractivity contribution >= 4 is 17.3 Å². The van der Waals surface area contributed by atoms with Crippen LogP contribution in [0.3, 0.4) is 0 Å². The van der Waals surface area contributed by atoms with Crippen LogP contribution in [0.5, 0.6) is 0 Å². The van der Waals surface area contributed by atoms with Gasteiger partial charge in [0.25, 0.3) is 0 Å². The van der Waals surface area contributed by atoms with Gasteiger partial charge in [-0.05, 0) is 25.8 Å². The van der Waals surface area contributed by atoms with Crippen LogP contribution in [0.2, 0.25) is 0 Å². The van der Waals surface area contributed by atoms with Crippen LogP contribution < -0.4 is 5.32 Å². The molecule has 1 N–H and O–H groups in total. The van der Waals surface area contributed by atoms with Crippen LogP contribution in [-0.4, -0.2) is 18.1 Å². The molecule has 0 aromatic carbocycles. The molecule has 1 aliphatic carbocycles.